The SMILES string of the molecule is CC(=O)NC(CC(=O)NCc1cccc(F)c1)c1ccc(C)cc1. The highest BCUT2D eigenvalue weighted by Gasteiger charge is 2.17. The first-order valence-electron chi connectivity index (χ1n) is 7.79. The third-order valence-corrected chi connectivity index (χ3v) is 3.63. The maximum atomic E-state index is 13.1. The molecule has 0 aromatic heterocycles. The van der Waals surface area contributed by atoms with E-state index in [1.54, 1.807) is 12.1 Å². The van der Waals surface area contributed by atoms with Crippen molar-refractivity contribution < 1.29 is 14.0 Å². The molecule has 24 heavy (non-hydrogen) atoms. The fraction of sp³-hybridized carbons (Fsp3) is 0.263. The monoisotopic (exact) mass is 328 g/mol. The van der Waals surface area contributed by atoms with E-state index in [0.29, 0.717) is 5.56 Å². The Morgan fingerprint density at radius 3 is 2.46 bits per heavy atom. The van der Waals surface area contributed by atoms with Gasteiger partial charge in [0.15, 0.2) is 0 Å². The summed E-state index contributed by atoms with van der Waals surface area (Å²) in [4.78, 5) is 23.6. The number of carbonyl (C=O) groups is 2. The van der Waals surface area contributed by atoms with Gasteiger partial charge in [0.25, 0.3) is 0 Å². The Labute approximate surface area is 141 Å². The lowest BCUT2D eigenvalue weighted by molar-refractivity contribution is -0.122. The maximum absolute atomic E-state index is 13.1. The van der Waals surface area contributed by atoms with Crippen molar-refractivity contribution in [2.24, 2.45) is 0 Å². The first-order valence-corrected chi connectivity index (χ1v) is 7.79. The minimum Gasteiger partial charge on any atom is -0.352 e. The van der Waals surface area contributed by atoms with E-state index in [-0.39, 0.29) is 30.6 Å². The molecule has 0 fully saturated rings. The summed E-state index contributed by atoms with van der Waals surface area (Å²) in [5, 5.41) is 5.55. The molecule has 0 aliphatic heterocycles. The van der Waals surface area contributed by atoms with Gasteiger partial charge in [-0.15, -0.1) is 0 Å². The van der Waals surface area contributed by atoms with Crippen molar-refractivity contribution in [3.8, 4) is 0 Å². The predicted molar refractivity (Wildman–Crippen MR) is 90.6 cm³/mol. The number of hydrogen-bond donors (Lipinski definition) is 2. The molecule has 2 rings (SSSR count). The van der Waals surface area contributed by atoms with Gasteiger partial charge < -0.3 is 10.6 Å². The molecule has 4 nitrogen and oxygen atoms in total. The Hall–Kier alpha value is -2.69. The molecule has 5 heteroatoms. The summed E-state index contributed by atoms with van der Waals surface area (Å²) in [7, 11) is 0. The predicted octanol–water partition coefficient (Wildman–Crippen LogP) is 3.02. The molecule has 1 unspecified atom stereocenters. The van der Waals surface area contributed by atoms with Crippen LogP contribution in [0, 0.1) is 12.7 Å². The first-order chi connectivity index (χ1) is 11.4. The lowest BCUT2D eigenvalue weighted by Gasteiger charge is -2.18. The van der Waals surface area contributed by atoms with Crippen LogP contribution in [0.4, 0.5) is 4.39 Å². The fourth-order valence-corrected chi connectivity index (χ4v) is 2.40. The van der Waals surface area contributed by atoms with E-state index in [2.05, 4.69) is 10.6 Å². The van der Waals surface area contributed by atoms with Crippen LogP contribution in [0.25, 0.3) is 0 Å². The van der Waals surface area contributed by atoms with Crippen LogP contribution in [-0.2, 0) is 16.1 Å². The Kier molecular flexibility index (Phi) is 6.07. The maximum Gasteiger partial charge on any atom is 0.222 e. The molecule has 0 aliphatic carbocycles. The molecular formula is C19H21FN2O2. The average Bonchev–Trinajstić information content (AvgIpc) is 2.53. The third kappa shape index (κ3) is 5.50. The summed E-state index contributed by atoms with van der Waals surface area (Å²) < 4.78 is 13.1. The first kappa shape index (κ1) is 17.7. The summed E-state index contributed by atoms with van der Waals surface area (Å²) in [5.74, 6) is -0.741. The second kappa shape index (κ2) is 8.24. The van der Waals surface area contributed by atoms with E-state index in [4.69, 9.17) is 0 Å². The molecular weight excluding hydrogens is 307 g/mol. The van der Waals surface area contributed by atoms with Crippen LogP contribution in [0.1, 0.15) is 36.1 Å². The van der Waals surface area contributed by atoms with Gasteiger partial charge in [-0.3, -0.25) is 9.59 Å². The van der Waals surface area contributed by atoms with E-state index in [1.165, 1.54) is 19.1 Å². The third-order valence-electron chi connectivity index (χ3n) is 3.63. The summed E-state index contributed by atoms with van der Waals surface area (Å²) in [6, 6.07) is 13.4. The van der Waals surface area contributed by atoms with Crippen molar-refractivity contribution in [2.75, 3.05) is 0 Å². The molecule has 0 radical (unpaired) electrons. The van der Waals surface area contributed by atoms with Crippen LogP contribution in [0.2, 0.25) is 0 Å². The number of aryl methyl sites for hydroxylation is 1. The molecule has 0 saturated heterocycles. The quantitative estimate of drug-likeness (QED) is 0.856. The Morgan fingerprint density at radius 1 is 1.12 bits per heavy atom. The van der Waals surface area contributed by atoms with Gasteiger partial charge in [0, 0.05) is 13.5 Å². The van der Waals surface area contributed by atoms with E-state index >= 15 is 0 Å². The van der Waals surface area contributed by atoms with E-state index in [9.17, 15) is 14.0 Å². The molecule has 1 atom stereocenters. The summed E-state index contributed by atoms with van der Waals surface area (Å²) in [6.45, 7) is 3.64. The second-order valence-corrected chi connectivity index (χ2v) is 5.77. The zero-order valence-electron chi connectivity index (χ0n) is 13.8. The molecule has 0 bridgehead atoms. The van der Waals surface area contributed by atoms with Gasteiger partial charge in [0.05, 0.1) is 12.5 Å². The van der Waals surface area contributed by atoms with Gasteiger partial charge in [-0.05, 0) is 30.2 Å². The Balaban J connectivity index is 1.99. The second-order valence-electron chi connectivity index (χ2n) is 5.77. The minimum absolute atomic E-state index is 0.123. The highest BCUT2D eigenvalue weighted by Crippen LogP contribution is 2.17. The van der Waals surface area contributed by atoms with Crippen LogP contribution < -0.4 is 10.6 Å². The molecule has 0 heterocycles. The average molecular weight is 328 g/mol. The number of nitrogens with one attached hydrogen (secondary N) is 2. The van der Waals surface area contributed by atoms with Gasteiger partial charge in [-0.25, -0.2) is 4.39 Å². The standard InChI is InChI=1S/C19H21FN2O2/c1-13-6-8-16(9-7-13)18(22-14(2)23)11-19(24)21-12-15-4-3-5-17(20)10-15/h3-10,18H,11-12H2,1-2H3,(H,21,24)(H,22,23). The normalized spacial score (nSPS) is 11.6. The number of hydrogen-bond acceptors (Lipinski definition) is 2. The highest BCUT2D eigenvalue weighted by atomic mass is 19.1. The van der Waals surface area contributed by atoms with Crippen molar-refractivity contribution in [3.63, 3.8) is 0 Å². The summed E-state index contributed by atoms with van der Waals surface area (Å²) >= 11 is 0. The molecule has 2 aromatic rings. The smallest absolute Gasteiger partial charge is 0.222 e. The molecule has 0 saturated carbocycles. The van der Waals surface area contributed by atoms with Gasteiger partial charge in [0.1, 0.15) is 5.82 Å². The van der Waals surface area contributed by atoms with Crippen LogP contribution in [0.3, 0.4) is 0 Å². The van der Waals surface area contributed by atoms with Crippen molar-refractivity contribution in [1.29, 1.82) is 0 Å². The van der Waals surface area contributed by atoms with Gasteiger partial charge in [-0.1, -0.05) is 42.0 Å². The lowest BCUT2D eigenvalue weighted by atomic mass is 10.0. The van der Waals surface area contributed by atoms with Crippen LogP contribution >= 0.6 is 0 Å². The van der Waals surface area contributed by atoms with Crippen molar-refractivity contribution in [3.05, 3.63) is 71.0 Å². The zero-order valence-corrected chi connectivity index (χ0v) is 13.8. The topological polar surface area (TPSA) is 58.2 Å². The molecule has 2 amide bonds. The molecule has 2 aromatic carbocycles. The fourth-order valence-electron chi connectivity index (χ4n) is 2.40. The number of halogens is 1. The van der Waals surface area contributed by atoms with Gasteiger partial charge in [0.2, 0.25) is 11.8 Å². The zero-order chi connectivity index (χ0) is 17.5. The van der Waals surface area contributed by atoms with E-state index < -0.39 is 6.04 Å². The summed E-state index contributed by atoms with van der Waals surface area (Å²) in [6.07, 6.45) is 0.123. The number of benzene rings is 2. The highest BCUT2D eigenvalue weighted by molar-refractivity contribution is 5.79. The van der Waals surface area contributed by atoms with E-state index in [0.717, 1.165) is 11.1 Å². The van der Waals surface area contributed by atoms with Crippen LogP contribution in [0.5, 0.6) is 0 Å². The van der Waals surface area contributed by atoms with E-state index in [1.807, 2.05) is 31.2 Å². The number of amides is 2. The molecule has 2 N–H and O–H groups in total. The summed E-state index contributed by atoms with van der Waals surface area (Å²) in [5.41, 5.74) is 2.67. The van der Waals surface area contributed by atoms with Crippen molar-refractivity contribution >= 4 is 11.8 Å². The number of rotatable bonds is 6. The molecule has 126 valence electrons. The Bertz CT molecular complexity index is 714. The molecule has 0 aliphatic rings. The van der Waals surface area contributed by atoms with Crippen LogP contribution in [0.15, 0.2) is 48.5 Å². The lowest BCUT2D eigenvalue weighted by Crippen LogP contribution is -2.32. The minimum atomic E-state index is -0.393. The van der Waals surface area contributed by atoms with Crippen molar-refractivity contribution in [1.82, 2.24) is 10.6 Å². The van der Waals surface area contributed by atoms with Gasteiger partial charge in [-0.2, -0.15) is 0 Å². The molecule has 0 spiro atoms. The van der Waals surface area contributed by atoms with Crippen molar-refractivity contribution in [2.45, 2.75) is 32.9 Å². The number of carbonyl (C=O) groups excluding carboxylic acids is 2. The van der Waals surface area contributed by atoms with Crippen LogP contribution in [-0.4, -0.2) is 11.8 Å². The largest absolute Gasteiger partial charge is 0.352 e. The Morgan fingerprint density at radius 2 is 1.83 bits per heavy atom. The van der Waals surface area contributed by atoms with Gasteiger partial charge >= 0.3 is 0 Å².